The molecule has 0 aromatic heterocycles. The monoisotopic (exact) mass is 304 g/mol. The fourth-order valence-corrected chi connectivity index (χ4v) is 3.38. The number of hydrogen-bond acceptors (Lipinski definition) is 4. The second-order valence-corrected chi connectivity index (χ2v) is 6.34. The van der Waals surface area contributed by atoms with Crippen molar-refractivity contribution in [3.63, 3.8) is 0 Å². The molecule has 0 heterocycles. The summed E-state index contributed by atoms with van der Waals surface area (Å²) in [5, 5.41) is 7.05. The minimum Gasteiger partial charge on any atom is -0.480 e. The van der Waals surface area contributed by atoms with Gasteiger partial charge in [-0.25, -0.2) is 8.42 Å². The zero-order chi connectivity index (χ0) is 15.5. The quantitative estimate of drug-likeness (QED) is 0.672. The summed E-state index contributed by atoms with van der Waals surface area (Å²) in [6.07, 6.45) is 0. The maximum absolute atomic E-state index is 12.4. The molecule has 2 aromatic rings. The van der Waals surface area contributed by atoms with Crippen LogP contribution in [0.25, 0.3) is 0 Å². The fourth-order valence-electron chi connectivity index (χ4n) is 1.89. The van der Waals surface area contributed by atoms with E-state index >= 15 is 0 Å². The molecule has 1 N–H and O–H groups in total. The van der Waals surface area contributed by atoms with Gasteiger partial charge in [0.15, 0.2) is 15.6 Å². The number of rotatable bonds is 5. The molecule has 0 amide bonds. The molecule has 0 aliphatic heterocycles. The van der Waals surface area contributed by atoms with Crippen LogP contribution >= 0.6 is 0 Å². The van der Waals surface area contributed by atoms with Crippen molar-refractivity contribution in [3.8, 4) is 0 Å². The molecule has 0 spiro atoms. The third kappa shape index (κ3) is 3.00. The van der Waals surface area contributed by atoms with E-state index in [1.54, 1.807) is 24.3 Å². The van der Waals surface area contributed by atoms with Gasteiger partial charge < -0.3 is 5.11 Å². The van der Waals surface area contributed by atoms with Crippen molar-refractivity contribution in [3.05, 3.63) is 66.2 Å². The number of hydrogen-bond donors (Lipinski definition) is 1. The highest BCUT2D eigenvalue weighted by Gasteiger charge is 2.40. The highest BCUT2D eigenvalue weighted by molar-refractivity contribution is 7.93. The Morgan fingerprint density at radius 1 is 0.857 bits per heavy atom. The summed E-state index contributed by atoms with van der Waals surface area (Å²) in [5.74, 6) is -2.64. The molecular weight excluding hydrogens is 292 g/mol. The molecule has 0 saturated carbocycles. The minimum atomic E-state index is -4.30. The lowest BCUT2D eigenvalue weighted by molar-refractivity contribution is -0.135. The van der Waals surface area contributed by atoms with E-state index in [1.807, 2.05) is 0 Å². The summed E-state index contributed by atoms with van der Waals surface area (Å²) in [5.41, 5.74) is 0.0457. The summed E-state index contributed by atoms with van der Waals surface area (Å²) in [6.45, 7) is 0. The van der Waals surface area contributed by atoms with Gasteiger partial charge in [-0.2, -0.15) is 0 Å². The van der Waals surface area contributed by atoms with E-state index in [0.29, 0.717) is 0 Å². The van der Waals surface area contributed by atoms with E-state index in [-0.39, 0.29) is 10.5 Å². The van der Waals surface area contributed by atoms with Crippen LogP contribution in [0.2, 0.25) is 0 Å². The number of carboxylic acid groups (broad SMARTS) is 1. The maximum Gasteiger partial charge on any atom is 0.330 e. The number of carbonyl (C=O) groups excluding carboxylic acids is 1. The zero-order valence-electron chi connectivity index (χ0n) is 10.8. The number of ketones is 1. The Bertz CT molecular complexity index is 751. The summed E-state index contributed by atoms with van der Waals surface area (Å²) in [4.78, 5) is 23.4. The molecule has 1 unspecified atom stereocenters. The first-order valence-corrected chi connectivity index (χ1v) is 7.60. The molecule has 2 aromatic carbocycles. The molecule has 6 heteroatoms. The largest absolute Gasteiger partial charge is 0.480 e. The highest BCUT2D eigenvalue weighted by atomic mass is 32.2. The highest BCUT2D eigenvalue weighted by Crippen LogP contribution is 2.19. The van der Waals surface area contributed by atoms with Crippen LogP contribution in [0.3, 0.4) is 0 Å². The molecule has 0 aliphatic rings. The van der Waals surface area contributed by atoms with Crippen molar-refractivity contribution in [2.75, 3.05) is 0 Å². The number of carboxylic acids is 1. The topological polar surface area (TPSA) is 88.5 Å². The summed E-state index contributed by atoms with van der Waals surface area (Å²) in [6, 6.07) is 14.6. The Labute approximate surface area is 121 Å². The Morgan fingerprint density at radius 3 is 1.81 bits per heavy atom. The molecule has 5 nitrogen and oxygen atoms in total. The average Bonchev–Trinajstić information content (AvgIpc) is 2.48. The molecule has 0 radical (unpaired) electrons. The molecule has 21 heavy (non-hydrogen) atoms. The van der Waals surface area contributed by atoms with Crippen LogP contribution in [0.1, 0.15) is 10.4 Å². The van der Waals surface area contributed by atoms with Crippen molar-refractivity contribution < 1.29 is 23.1 Å². The third-order valence-corrected chi connectivity index (χ3v) is 4.87. The Morgan fingerprint density at radius 2 is 1.33 bits per heavy atom. The molecular formula is C15H12O5S. The second kappa shape index (κ2) is 5.88. The van der Waals surface area contributed by atoms with E-state index in [9.17, 15) is 23.1 Å². The first-order valence-electron chi connectivity index (χ1n) is 6.05. The van der Waals surface area contributed by atoms with Gasteiger partial charge in [-0.3, -0.25) is 9.59 Å². The summed E-state index contributed by atoms with van der Waals surface area (Å²) >= 11 is 0. The predicted molar refractivity (Wildman–Crippen MR) is 75.8 cm³/mol. The van der Waals surface area contributed by atoms with Gasteiger partial charge in [0.25, 0.3) is 0 Å². The van der Waals surface area contributed by atoms with Crippen LogP contribution in [0.4, 0.5) is 0 Å². The number of sulfone groups is 1. The first kappa shape index (κ1) is 14.9. The summed E-state index contributed by atoms with van der Waals surface area (Å²) < 4.78 is 24.8. The Hall–Kier alpha value is -2.47. The number of aliphatic carboxylic acids is 1. The van der Waals surface area contributed by atoms with Crippen LogP contribution in [-0.4, -0.2) is 30.5 Å². The Balaban J connectivity index is 2.50. The number of Topliss-reactive ketones (excluding diaryl/α,β-unsaturated/α-hetero) is 1. The molecule has 2 rings (SSSR count). The van der Waals surface area contributed by atoms with Gasteiger partial charge in [-0.1, -0.05) is 48.5 Å². The zero-order valence-corrected chi connectivity index (χ0v) is 11.7. The standard InChI is InChI=1S/C15H12O5S/c16-13(11-7-3-1-4-8-11)14(15(17)18)21(19,20)12-9-5-2-6-10-12/h1-10,14H,(H,17,18). The van der Waals surface area contributed by atoms with Gasteiger partial charge in [0.1, 0.15) is 0 Å². The SMILES string of the molecule is O=C(O)C(C(=O)c1ccccc1)S(=O)(=O)c1ccccc1. The third-order valence-electron chi connectivity index (χ3n) is 2.90. The van der Waals surface area contributed by atoms with Gasteiger partial charge in [0, 0.05) is 5.56 Å². The van der Waals surface area contributed by atoms with Crippen molar-refractivity contribution in [2.45, 2.75) is 10.1 Å². The fraction of sp³-hybridized carbons (Fsp3) is 0.0667. The lowest BCUT2D eigenvalue weighted by atomic mass is 10.1. The van der Waals surface area contributed by atoms with E-state index in [0.717, 1.165) is 0 Å². The smallest absolute Gasteiger partial charge is 0.330 e. The Kier molecular flexibility index (Phi) is 4.18. The van der Waals surface area contributed by atoms with Crippen molar-refractivity contribution >= 4 is 21.6 Å². The second-order valence-electron chi connectivity index (χ2n) is 4.31. The van der Waals surface area contributed by atoms with Crippen molar-refractivity contribution in [2.24, 2.45) is 0 Å². The summed E-state index contributed by atoms with van der Waals surface area (Å²) in [7, 11) is -4.30. The van der Waals surface area contributed by atoms with Gasteiger partial charge in [0.2, 0.25) is 5.25 Å². The minimum absolute atomic E-state index is 0.0457. The maximum atomic E-state index is 12.4. The first-order chi connectivity index (χ1) is 9.94. The van der Waals surface area contributed by atoms with Gasteiger partial charge >= 0.3 is 5.97 Å². The molecule has 0 fully saturated rings. The molecule has 0 bridgehead atoms. The van der Waals surface area contributed by atoms with Gasteiger partial charge in [0.05, 0.1) is 4.90 Å². The van der Waals surface area contributed by atoms with E-state index in [1.165, 1.54) is 36.4 Å². The van der Waals surface area contributed by atoms with Crippen LogP contribution in [0.15, 0.2) is 65.6 Å². The molecule has 108 valence electrons. The average molecular weight is 304 g/mol. The molecule has 0 saturated heterocycles. The normalized spacial score (nSPS) is 12.6. The van der Waals surface area contributed by atoms with E-state index < -0.39 is 26.8 Å². The lowest BCUT2D eigenvalue weighted by Gasteiger charge is -2.12. The van der Waals surface area contributed by atoms with E-state index in [4.69, 9.17) is 0 Å². The van der Waals surface area contributed by atoms with Crippen LogP contribution in [-0.2, 0) is 14.6 Å². The van der Waals surface area contributed by atoms with Crippen LogP contribution < -0.4 is 0 Å². The predicted octanol–water partition coefficient (Wildman–Crippen LogP) is 1.80. The van der Waals surface area contributed by atoms with Crippen molar-refractivity contribution in [1.82, 2.24) is 0 Å². The molecule has 0 aliphatic carbocycles. The van der Waals surface area contributed by atoms with E-state index in [2.05, 4.69) is 0 Å². The van der Waals surface area contributed by atoms with Crippen LogP contribution in [0, 0.1) is 0 Å². The lowest BCUT2D eigenvalue weighted by Crippen LogP contribution is -2.38. The number of carbonyl (C=O) groups is 2. The van der Waals surface area contributed by atoms with Crippen molar-refractivity contribution in [1.29, 1.82) is 0 Å². The van der Waals surface area contributed by atoms with Crippen LogP contribution in [0.5, 0.6) is 0 Å². The van der Waals surface area contributed by atoms with Gasteiger partial charge in [-0.05, 0) is 12.1 Å². The number of benzene rings is 2. The molecule has 1 atom stereocenters. The van der Waals surface area contributed by atoms with Gasteiger partial charge in [-0.15, -0.1) is 0 Å².